The van der Waals surface area contributed by atoms with Crippen LogP contribution in [0, 0.1) is 0 Å². The molecule has 0 aromatic heterocycles. The van der Waals surface area contributed by atoms with Crippen LogP contribution in [-0.4, -0.2) is 20.6 Å². The second-order valence-electron chi connectivity index (χ2n) is 1.54. The van der Waals surface area contributed by atoms with E-state index in [1.54, 1.807) is 0 Å². The molecule has 3 N–H and O–H groups in total. The number of rotatable bonds is 3. The van der Waals surface area contributed by atoms with Gasteiger partial charge < -0.3 is 10.3 Å². The van der Waals surface area contributed by atoms with Gasteiger partial charge in [-0.15, -0.1) is 0 Å². The highest BCUT2D eigenvalue weighted by atomic mass is 32.2. The van der Waals surface area contributed by atoms with Crippen molar-refractivity contribution in [2.24, 2.45) is 5.73 Å². The molecule has 0 aliphatic carbocycles. The summed E-state index contributed by atoms with van der Waals surface area (Å²) in [7, 11) is 0. The van der Waals surface area contributed by atoms with Gasteiger partial charge in [-0.05, 0) is 6.42 Å². The monoisotopic (exact) mass is 137 g/mol. The van der Waals surface area contributed by atoms with Gasteiger partial charge in [-0.2, -0.15) is 0 Å². The van der Waals surface area contributed by atoms with E-state index in [-0.39, 0.29) is 5.25 Å². The lowest BCUT2D eigenvalue weighted by Crippen LogP contribution is -2.23. The summed E-state index contributed by atoms with van der Waals surface area (Å²) in [6.07, 6.45) is 0.666. The molecule has 0 aliphatic rings. The first-order chi connectivity index (χ1) is 3.72. The Morgan fingerprint density at radius 1 is 1.88 bits per heavy atom. The van der Waals surface area contributed by atoms with Gasteiger partial charge in [0.1, 0.15) is 0 Å². The first kappa shape index (κ1) is 8.07. The van der Waals surface area contributed by atoms with E-state index in [1.165, 1.54) is 0 Å². The fourth-order valence-electron chi connectivity index (χ4n) is 0.392. The van der Waals surface area contributed by atoms with Crippen molar-refractivity contribution in [3.05, 3.63) is 0 Å². The molecule has 0 aliphatic heterocycles. The van der Waals surface area contributed by atoms with E-state index in [0.29, 0.717) is 13.0 Å². The molecule has 8 heavy (non-hydrogen) atoms. The summed E-state index contributed by atoms with van der Waals surface area (Å²) in [5.74, 6) is 0. The highest BCUT2D eigenvalue weighted by Crippen LogP contribution is 1.94. The molecule has 0 aromatic rings. The second-order valence-corrected chi connectivity index (χ2v) is 2.76. The first-order valence-corrected chi connectivity index (χ1v) is 3.69. The Balaban J connectivity index is 3.52. The van der Waals surface area contributed by atoms with Crippen LogP contribution in [0.1, 0.15) is 13.3 Å². The van der Waals surface area contributed by atoms with Gasteiger partial charge in [0.2, 0.25) is 0 Å². The SMILES string of the molecule is CCC(CN)S(=O)O. The van der Waals surface area contributed by atoms with Crippen LogP contribution in [0.5, 0.6) is 0 Å². The molecule has 0 heterocycles. The molecule has 0 fully saturated rings. The largest absolute Gasteiger partial charge is 0.329 e. The van der Waals surface area contributed by atoms with Gasteiger partial charge in [-0.25, -0.2) is 4.21 Å². The summed E-state index contributed by atoms with van der Waals surface area (Å²) in [6.45, 7) is 2.13. The Bertz CT molecular complexity index is 82.1. The van der Waals surface area contributed by atoms with Gasteiger partial charge in [-0.1, -0.05) is 6.92 Å². The Hall–Kier alpha value is 0.0700. The maximum Gasteiger partial charge on any atom is 0.157 e. The molecule has 2 unspecified atom stereocenters. The second kappa shape index (κ2) is 4.00. The van der Waals surface area contributed by atoms with Gasteiger partial charge in [0.25, 0.3) is 0 Å². The van der Waals surface area contributed by atoms with E-state index in [0.717, 1.165) is 0 Å². The van der Waals surface area contributed by atoms with Crippen LogP contribution in [0.25, 0.3) is 0 Å². The molecule has 50 valence electrons. The molecule has 3 nitrogen and oxygen atoms in total. The zero-order valence-corrected chi connectivity index (χ0v) is 5.65. The van der Waals surface area contributed by atoms with Crippen molar-refractivity contribution in [3.8, 4) is 0 Å². The van der Waals surface area contributed by atoms with E-state index in [9.17, 15) is 4.21 Å². The highest BCUT2D eigenvalue weighted by Gasteiger charge is 2.08. The number of nitrogens with two attached hydrogens (primary N) is 1. The van der Waals surface area contributed by atoms with Gasteiger partial charge in [0.15, 0.2) is 11.1 Å². The lowest BCUT2D eigenvalue weighted by molar-refractivity contribution is 0.544. The molecular weight excluding hydrogens is 126 g/mol. The van der Waals surface area contributed by atoms with Gasteiger partial charge in [0, 0.05) is 6.54 Å². The van der Waals surface area contributed by atoms with E-state index >= 15 is 0 Å². The number of hydrogen-bond donors (Lipinski definition) is 2. The lowest BCUT2D eigenvalue weighted by Gasteiger charge is -2.03. The molecule has 0 amide bonds. The quantitative estimate of drug-likeness (QED) is 0.536. The molecule has 0 rings (SSSR count). The molecule has 0 saturated heterocycles. The van der Waals surface area contributed by atoms with Crippen molar-refractivity contribution in [2.75, 3.05) is 6.54 Å². The predicted octanol–water partition coefficient (Wildman–Crippen LogP) is -0.0546. The molecule has 4 heteroatoms. The minimum absolute atomic E-state index is 0.241. The Labute approximate surface area is 51.6 Å². The zero-order valence-electron chi connectivity index (χ0n) is 4.83. The van der Waals surface area contributed by atoms with Crippen molar-refractivity contribution in [1.82, 2.24) is 0 Å². The summed E-state index contributed by atoms with van der Waals surface area (Å²) in [5.41, 5.74) is 5.13. The van der Waals surface area contributed by atoms with E-state index in [2.05, 4.69) is 0 Å². The molecule has 0 radical (unpaired) electrons. The zero-order chi connectivity index (χ0) is 6.57. The van der Waals surface area contributed by atoms with Crippen molar-refractivity contribution in [1.29, 1.82) is 0 Å². The molecule has 2 atom stereocenters. The van der Waals surface area contributed by atoms with Crippen LogP contribution in [0.4, 0.5) is 0 Å². The predicted molar refractivity (Wildman–Crippen MR) is 33.9 cm³/mol. The minimum Gasteiger partial charge on any atom is -0.329 e. The normalized spacial score (nSPS) is 17.9. The highest BCUT2D eigenvalue weighted by molar-refractivity contribution is 7.79. The van der Waals surface area contributed by atoms with Crippen LogP contribution < -0.4 is 5.73 Å². The maximum atomic E-state index is 10.2. The van der Waals surface area contributed by atoms with Gasteiger partial charge in [0.05, 0.1) is 5.25 Å². The standard InChI is InChI=1S/C4H11NO2S/c1-2-4(3-5)8(6)7/h4H,2-3,5H2,1H3,(H,6,7). The topological polar surface area (TPSA) is 63.3 Å². The Morgan fingerprint density at radius 3 is 2.38 bits per heavy atom. The van der Waals surface area contributed by atoms with Gasteiger partial charge in [-0.3, -0.25) is 0 Å². The third kappa shape index (κ3) is 2.40. The summed E-state index contributed by atoms with van der Waals surface area (Å²) >= 11 is -1.73. The van der Waals surface area contributed by atoms with Crippen molar-refractivity contribution < 1.29 is 8.76 Å². The van der Waals surface area contributed by atoms with E-state index in [4.69, 9.17) is 10.3 Å². The third-order valence-electron chi connectivity index (χ3n) is 1.00. The van der Waals surface area contributed by atoms with E-state index in [1.807, 2.05) is 6.92 Å². The fourth-order valence-corrected chi connectivity index (χ4v) is 0.841. The van der Waals surface area contributed by atoms with Crippen molar-refractivity contribution in [3.63, 3.8) is 0 Å². The first-order valence-electron chi connectivity index (χ1n) is 2.52. The molecular formula is C4H11NO2S. The summed E-state index contributed by atoms with van der Waals surface area (Å²) in [5, 5.41) is -0.241. The molecule has 0 saturated carbocycles. The smallest absolute Gasteiger partial charge is 0.157 e. The Morgan fingerprint density at radius 2 is 2.38 bits per heavy atom. The van der Waals surface area contributed by atoms with Gasteiger partial charge >= 0.3 is 0 Å². The molecule has 0 spiro atoms. The maximum absolute atomic E-state index is 10.2. The molecule has 0 aromatic carbocycles. The van der Waals surface area contributed by atoms with E-state index < -0.39 is 11.1 Å². The molecule has 0 bridgehead atoms. The summed E-state index contributed by atoms with van der Waals surface area (Å²) in [4.78, 5) is 0. The number of hydrogen-bond acceptors (Lipinski definition) is 2. The minimum atomic E-state index is -1.73. The third-order valence-corrected chi connectivity index (χ3v) is 2.10. The summed E-state index contributed by atoms with van der Waals surface area (Å²) < 4.78 is 18.6. The van der Waals surface area contributed by atoms with Crippen LogP contribution in [-0.2, 0) is 11.1 Å². The fraction of sp³-hybridized carbons (Fsp3) is 1.00. The van der Waals surface area contributed by atoms with Crippen LogP contribution in [0.15, 0.2) is 0 Å². The van der Waals surface area contributed by atoms with Crippen LogP contribution in [0.2, 0.25) is 0 Å². The van der Waals surface area contributed by atoms with Crippen molar-refractivity contribution in [2.45, 2.75) is 18.6 Å². The summed E-state index contributed by atoms with van der Waals surface area (Å²) in [6, 6.07) is 0. The average Bonchev–Trinajstić information content (AvgIpc) is 1.69. The Kier molecular flexibility index (Phi) is 4.03. The lowest BCUT2D eigenvalue weighted by atomic mass is 10.3. The average molecular weight is 137 g/mol. The van der Waals surface area contributed by atoms with Crippen LogP contribution in [0.3, 0.4) is 0 Å². The van der Waals surface area contributed by atoms with Crippen molar-refractivity contribution >= 4 is 11.1 Å². The van der Waals surface area contributed by atoms with Crippen LogP contribution >= 0.6 is 0 Å².